The third-order valence-electron chi connectivity index (χ3n) is 3.26. The number of carboxylic acid groups (broad SMARTS) is 1. The summed E-state index contributed by atoms with van der Waals surface area (Å²) >= 11 is 3.15. The number of rotatable bonds is 5. The van der Waals surface area contributed by atoms with Crippen LogP contribution in [0, 0.1) is 0 Å². The molecule has 0 saturated heterocycles. The average Bonchev–Trinajstić information content (AvgIpc) is 2.90. The van der Waals surface area contributed by atoms with E-state index in [4.69, 9.17) is 9.84 Å². The fourth-order valence-corrected chi connectivity index (χ4v) is 2.66. The zero-order valence-corrected chi connectivity index (χ0v) is 12.5. The van der Waals surface area contributed by atoms with E-state index < -0.39 is 5.97 Å². The van der Waals surface area contributed by atoms with Gasteiger partial charge in [-0.15, -0.1) is 0 Å². The van der Waals surface area contributed by atoms with Crippen molar-refractivity contribution in [2.75, 3.05) is 6.61 Å². The average molecular weight is 342 g/mol. The van der Waals surface area contributed by atoms with Crippen LogP contribution in [0.5, 0.6) is 5.75 Å². The summed E-state index contributed by atoms with van der Waals surface area (Å²) in [5.41, 5.74) is 0.110. The molecule has 1 saturated carbocycles. The normalized spacial score (nSPS) is 15.1. The lowest BCUT2D eigenvalue weighted by Gasteiger charge is -2.12. The molecule has 0 aliphatic heterocycles. The van der Waals surface area contributed by atoms with Crippen molar-refractivity contribution in [3.63, 3.8) is 0 Å². The number of benzene rings is 1. The van der Waals surface area contributed by atoms with Crippen molar-refractivity contribution in [1.82, 2.24) is 5.32 Å². The van der Waals surface area contributed by atoms with Crippen LogP contribution in [0.1, 0.15) is 36.0 Å². The van der Waals surface area contributed by atoms with E-state index in [0.29, 0.717) is 10.2 Å². The number of hydrogen-bond donors (Lipinski definition) is 2. The summed E-state index contributed by atoms with van der Waals surface area (Å²) in [5, 5.41) is 11.9. The molecular weight excluding hydrogens is 326 g/mol. The van der Waals surface area contributed by atoms with Crippen molar-refractivity contribution in [1.29, 1.82) is 0 Å². The van der Waals surface area contributed by atoms with Crippen LogP contribution >= 0.6 is 15.9 Å². The highest BCUT2D eigenvalue weighted by molar-refractivity contribution is 9.10. The minimum atomic E-state index is -1.04. The maximum atomic E-state index is 11.7. The van der Waals surface area contributed by atoms with Gasteiger partial charge in [-0.3, -0.25) is 4.79 Å². The van der Waals surface area contributed by atoms with Crippen LogP contribution in [0.25, 0.3) is 0 Å². The Bertz CT molecular complexity index is 512. The van der Waals surface area contributed by atoms with Crippen LogP contribution in [-0.2, 0) is 4.79 Å². The maximum absolute atomic E-state index is 11.7. The highest BCUT2D eigenvalue weighted by atomic mass is 79.9. The quantitative estimate of drug-likeness (QED) is 0.862. The summed E-state index contributed by atoms with van der Waals surface area (Å²) in [5.74, 6) is -0.846. The van der Waals surface area contributed by atoms with Gasteiger partial charge in [-0.25, -0.2) is 4.79 Å². The minimum Gasteiger partial charge on any atom is -0.484 e. The van der Waals surface area contributed by atoms with E-state index in [0.717, 1.165) is 25.7 Å². The van der Waals surface area contributed by atoms with Crippen molar-refractivity contribution in [2.45, 2.75) is 31.7 Å². The van der Waals surface area contributed by atoms with Gasteiger partial charge in [0.2, 0.25) is 0 Å². The Kier molecular flexibility index (Phi) is 5.00. The van der Waals surface area contributed by atoms with Gasteiger partial charge < -0.3 is 15.2 Å². The number of carbonyl (C=O) groups excluding carboxylic acids is 1. The number of amides is 1. The number of aromatic carboxylic acids is 1. The lowest BCUT2D eigenvalue weighted by atomic mass is 10.2. The number of carboxylic acids is 1. The Morgan fingerprint density at radius 3 is 2.70 bits per heavy atom. The molecule has 0 spiro atoms. The first kappa shape index (κ1) is 14.8. The van der Waals surface area contributed by atoms with Crippen LogP contribution in [0.15, 0.2) is 22.7 Å². The van der Waals surface area contributed by atoms with Crippen LogP contribution in [-0.4, -0.2) is 29.6 Å². The van der Waals surface area contributed by atoms with Crippen molar-refractivity contribution in [2.24, 2.45) is 0 Å². The molecule has 0 heterocycles. The van der Waals surface area contributed by atoms with Gasteiger partial charge >= 0.3 is 5.97 Å². The molecule has 0 aromatic heterocycles. The van der Waals surface area contributed by atoms with E-state index in [9.17, 15) is 9.59 Å². The smallest absolute Gasteiger partial charge is 0.336 e. The molecule has 5 nitrogen and oxygen atoms in total. The van der Waals surface area contributed by atoms with Crippen molar-refractivity contribution < 1.29 is 19.4 Å². The van der Waals surface area contributed by atoms with E-state index in [-0.39, 0.29) is 24.1 Å². The summed E-state index contributed by atoms with van der Waals surface area (Å²) in [7, 11) is 0. The Balaban J connectivity index is 1.88. The molecular formula is C14H16BrNO4. The molecule has 6 heteroatoms. The van der Waals surface area contributed by atoms with Gasteiger partial charge in [0.25, 0.3) is 5.91 Å². The standard InChI is InChI=1S/C14H16BrNO4/c15-12-6-5-10(7-11(12)14(18)19)20-8-13(17)16-9-3-1-2-4-9/h5-7,9H,1-4,8H2,(H,16,17)(H,18,19). The van der Waals surface area contributed by atoms with E-state index in [1.165, 1.54) is 6.07 Å². The molecule has 20 heavy (non-hydrogen) atoms. The van der Waals surface area contributed by atoms with E-state index in [1.54, 1.807) is 12.1 Å². The summed E-state index contributed by atoms with van der Waals surface area (Å²) in [6.45, 7) is -0.100. The molecule has 108 valence electrons. The Hall–Kier alpha value is -1.56. The van der Waals surface area contributed by atoms with Gasteiger partial charge in [0.15, 0.2) is 6.61 Å². The zero-order chi connectivity index (χ0) is 14.5. The Morgan fingerprint density at radius 1 is 1.35 bits per heavy atom. The lowest BCUT2D eigenvalue weighted by molar-refractivity contribution is -0.123. The molecule has 0 atom stereocenters. The molecule has 2 rings (SSSR count). The predicted molar refractivity (Wildman–Crippen MR) is 77.0 cm³/mol. The molecule has 1 aliphatic carbocycles. The maximum Gasteiger partial charge on any atom is 0.336 e. The molecule has 1 aliphatic rings. The fourth-order valence-electron chi connectivity index (χ4n) is 2.25. The van der Waals surface area contributed by atoms with Gasteiger partial charge in [0.1, 0.15) is 5.75 Å². The number of ether oxygens (including phenoxy) is 1. The van der Waals surface area contributed by atoms with Gasteiger partial charge in [0.05, 0.1) is 5.56 Å². The molecule has 1 fully saturated rings. The zero-order valence-electron chi connectivity index (χ0n) is 10.9. The largest absolute Gasteiger partial charge is 0.484 e. The first-order valence-corrected chi connectivity index (χ1v) is 7.30. The molecule has 0 radical (unpaired) electrons. The van der Waals surface area contributed by atoms with Crippen molar-refractivity contribution in [3.8, 4) is 5.75 Å². The third-order valence-corrected chi connectivity index (χ3v) is 3.95. The van der Waals surface area contributed by atoms with Crippen molar-refractivity contribution >= 4 is 27.8 Å². The van der Waals surface area contributed by atoms with Crippen LogP contribution in [0.2, 0.25) is 0 Å². The van der Waals surface area contributed by atoms with Gasteiger partial charge in [0, 0.05) is 10.5 Å². The first-order chi connectivity index (χ1) is 9.56. The van der Waals surface area contributed by atoms with Gasteiger partial charge in [-0.2, -0.15) is 0 Å². The summed E-state index contributed by atoms with van der Waals surface area (Å²) in [6.07, 6.45) is 4.35. The summed E-state index contributed by atoms with van der Waals surface area (Å²) in [4.78, 5) is 22.7. The first-order valence-electron chi connectivity index (χ1n) is 6.51. The van der Waals surface area contributed by atoms with E-state index in [2.05, 4.69) is 21.2 Å². The molecule has 0 unspecified atom stereocenters. The summed E-state index contributed by atoms with van der Waals surface area (Å²) in [6, 6.07) is 4.87. The molecule has 1 aromatic carbocycles. The molecule has 1 amide bonds. The molecule has 2 N–H and O–H groups in total. The second-order valence-electron chi connectivity index (χ2n) is 4.78. The third kappa shape index (κ3) is 3.96. The highest BCUT2D eigenvalue weighted by Crippen LogP contribution is 2.22. The van der Waals surface area contributed by atoms with Gasteiger partial charge in [-0.1, -0.05) is 12.8 Å². The predicted octanol–water partition coefficient (Wildman–Crippen LogP) is 2.58. The second kappa shape index (κ2) is 6.74. The number of carbonyl (C=O) groups is 2. The highest BCUT2D eigenvalue weighted by Gasteiger charge is 2.17. The topological polar surface area (TPSA) is 75.6 Å². The molecule has 1 aromatic rings. The molecule has 0 bridgehead atoms. The fraction of sp³-hybridized carbons (Fsp3) is 0.429. The van der Waals surface area contributed by atoms with Crippen LogP contribution < -0.4 is 10.1 Å². The second-order valence-corrected chi connectivity index (χ2v) is 5.64. The number of nitrogens with one attached hydrogen (secondary N) is 1. The number of halogens is 1. The lowest BCUT2D eigenvalue weighted by Crippen LogP contribution is -2.36. The minimum absolute atomic E-state index is 0.100. The van der Waals surface area contributed by atoms with Gasteiger partial charge in [-0.05, 0) is 47.0 Å². The SMILES string of the molecule is O=C(COc1ccc(Br)c(C(=O)O)c1)NC1CCCC1. The summed E-state index contributed by atoms with van der Waals surface area (Å²) < 4.78 is 5.81. The number of hydrogen-bond acceptors (Lipinski definition) is 3. The Labute approximate surface area is 125 Å². The van der Waals surface area contributed by atoms with E-state index in [1.807, 2.05) is 0 Å². The monoisotopic (exact) mass is 341 g/mol. The van der Waals surface area contributed by atoms with Crippen LogP contribution in [0.4, 0.5) is 0 Å². The van der Waals surface area contributed by atoms with E-state index >= 15 is 0 Å². The Morgan fingerprint density at radius 2 is 2.05 bits per heavy atom. The van der Waals surface area contributed by atoms with Crippen LogP contribution in [0.3, 0.4) is 0 Å². The van der Waals surface area contributed by atoms with Crippen molar-refractivity contribution in [3.05, 3.63) is 28.2 Å².